The molecule has 2 atom stereocenters. The Morgan fingerprint density at radius 2 is 2.22 bits per heavy atom. The van der Waals surface area contributed by atoms with Gasteiger partial charge in [0.25, 0.3) is 0 Å². The molecule has 1 saturated heterocycles. The van der Waals surface area contributed by atoms with Crippen molar-refractivity contribution >= 4 is 12.0 Å². The van der Waals surface area contributed by atoms with Gasteiger partial charge in [-0.05, 0) is 43.0 Å². The van der Waals surface area contributed by atoms with Crippen LogP contribution in [0, 0.1) is 12.8 Å². The standard InChI is InChI=1S/C15H21NO2/c1-11-6-7-16(9-15(11)18-3)14-5-4-13(10-17)12(2)8-14/h4-5,8,10-11,15H,6-7,9H2,1-3H3. The highest BCUT2D eigenvalue weighted by Gasteiger charge is 2.26. The fraction of sp³-hybridized carbons (Fsp3) is 0.533. The normalized spacial score (nSPS) is 24.1. The Hall–Kier alpha value is -1.35. The molecule has 0 amide bonds. The number of carbonyl (C=O) groups excluding carboxylic acids is 1. The third-order valence-corrected chi connectivity index (χ3v) is 3.94. The van der Waals surface area contributed by atoms with Gasteiger partial charge in [0.1, 0.15) is 6.29 Å². The highest BCUT2D eigenvalue weighted by Crippen LogP contribution is 2.26. The van der Waals surface area contributed by atoms with Crippen LogP contribution < -0.4 is 4.90 Å². The minimum Gasteiger partial charge on any atom is -0.379 e. The number of hydrogen-bond donors (Lipinski definition) is 0. The number of methoxy groups -OCH3 is 1. The second-order valence-electron chi connectivity index (χ2n) is 5.14. The molecule has 0 spiro atoms. The Morgan fingerprint density at radius 1 is 1.44 bits per heavy atom. The maximum absolute atomic E-state index is 10.8. The molecule has 2 unspecified atom stereocenters. The molecule has 1 aromatic rings. The molecule has 1 fully saturated rings. The summed E-state index contributed by atoms with van der Waals surface area (Å²) in [6.45, 7) is 6.21. The van der Waals surface area contributed by atoms with Crippen LogP contribution in [0.4, 0.5) is 5.69 Å². The van der Waals surface area contributed by atoms with Gasteiger partial charge >= 0.3 is 0 Å². The van der Waals surface area contributed by atoms with E-state index in [4.69, 9.17) is 4.74 Å². The molecule has 1 aromatic carbocycles. The average molecular weight is 247 g/mol. The van der Waals surface area contributed by atoms with Crippen LogP contribution in [0.1, 0.15) is 29.3 Å². The lowest BCUT2D eigenvalue weighted by Crippen LogP contribution is -2.43. The summed E-state index contributed by atoms with van der Waals surface area (Å²) in [6, 6.07) is 6.02. The zero-order chi connectivity index (χ0) is 13.1. The quantitative estimate of drug-likeness (QED) is 0.769. The minimum absolute atomic E-state index is 0.296. The van der Waals surface area contributed by atoms with Gasteiger partial charge in [-0.15, -0.1) is 0 Å². The zero-order valence-electron chi connectivity index (χ0n) is 11.3. The Kier molecular flexibility index (Phi) is 4.02. The van der Waals surface area contributed by atoms with Crippen molar-refractivity contribution < 1.29 is 9.53 Å². The summed E-state index contributed by atoms with van der Waals surface area (Å²) in [5.41, 5.74) is 2.99. The van der Waals surface area contributed by atoms with Gasteiger partial charge in [0.05, 0.1) is 6.10 Å². The second kappa shape index (κ2) is 5.53. The molecule has 0 aliphatic carbocycles. The summed E-state index contributed by atoms with van der Waals surface area (Å²) in [7, 11) is 1.78. The molecule has 98 valence electrons. The van der Waals surface area contributed by atoms with Gasteiger partial charge in [0, 0.05) is 31.5 Å². The second-order valence-corrected chi connectivity index (χ2v) is 5.14. The number of ether oxygens (including phenoxy) is 1. The van der Waals surface area contributed by atoms with Crippen molar-refractivity contribution in [2.75, 3.05) is 25.1 Å². The van der Waals surface area contributed by atoms with E-state index in [1.807, 2.05) is 19.1 Å². The van der Waals surface area contributed by atoms with E-state index in [0.29, 0.717) is 12.0 Å². The fourth-order valence-electron chi connectivity index (χ4n) is 2.56. The van der Waals surface area contributed by atoms with Crippen LogP contribution in [0.5, 0.6) is 0 Å². The van der Waals surface area contributed by atoms with Crippen molar-refractivity contribution in [1.82, 2.24) is 0 Å². The SMILES string of the molecule is COC1CN(c2ccc(C=O)c(C)c2)CCC1C. The molecule has 0 radical (unpaired) electrons. The number of benzene rings is 1. The first-order valence-electron chi connectivity index (χ1n) is 6.49. The monoisotopic (exact) mass is 247 g/mol. The Balaban J connectivity index is 2.16. The van der Waals surface area contributed by atoms with Crippen LogP contribution in [0.3, 0.4) is 0 Å². The van der Waals surface area contributed by atoms with Gasteiger partial charge in [0.2, 0.25) is 0 Å². The van der Waals surface area contributed by atoms with Crippen molar-refractivity contribution in [3.8, 4) is 0 Å². The third-order valence-electron chi connectivity index (χ3n) is 3.94. The number of carbonyl (C=O) groups is 1. The van der Waals surface area contributed by atoms with E-state index in [-0.39, 0.29) is 0 Å². The molecule has 0 bridgehead atoms. The molecular weight excluding hydrogens is 226 g/mol. The smallest absolute Gasteiger partial charge is 0.150 e. The first-order valence-corrected chi connectivity index (χ1v) is 6.49. The summed E-state index contributed by atoms with van der Waals surface area (Å²) in [5.74, 6) is 0.613. The van der Waals surface area contributed by atoms with Crippen LogP contribution in [0.25, 0.3) is 0 Å². The first-order chi connectivity index (χ1) is 8.65. The molecule has 1 heterocycles. The number of anilines is 1. The maximum atomic E-state index is 10.8. The van der Waals surface area contributed by atoms with Crippen molar-refractivity contribution in [3.05, 3.63) is 29.3 Å². The summed E-state index contributed by atoms with van der Waals surface area (Å²) in [5, 5.41) is 0. The first kappa shape index (κ1) is 13.1. The van der Waals surface area contributed by atoms with E-state index >= 15 is 0 Å². The van der Waals surface area contributed by atoms with Crippen molar-refractivity contribution in [2.45, 2.75) is 26.4 Å². The van der Waals surface area contributed by atoms with Crippen LogP contribution in [-0.4, -0.2) is 32.6 Å². The lowest BCUT2D eigenvalue weighted by atomic mass is 9.95. The summed E-state index contributed by atoms with van der Waals surface area (Å²) < 4.78 is 5.53. The lowest BCUT2D eigenvalue weighted by molar-refractivity contribution is 0.0498. The van der Waals surface area contributed by atoms with Gasteiger partial charge in [-0.1, -0.05) is 6.92 Å². The zero-order valence-corrected chi connectivity index (χ0v) is 11.3. The molecule has 1 aliphatic rings. The van der Waals surface area contributed by atoms with E-state index in [1.165, 1.54) is 5.69 Å². The van der Waals surface area contributed by atoms with Gasteiger partial charge in [-0.25, -0.2) is 0 Å². The molecule has 0 saturated carbocycles. The molecule has 1 aliphatic heterocycles. The third kappa shape index (κ3) is 2.56. The fourth-order valence-corrected chi connectivity index (χ4v) is 2.56. The molecule has 18 heavy (non-hydrogen) atoms. The molecular formula is C15H21NO2. The van der Waals surface area contributed by atoms with E-state index in [2.05, 4.69) is 17.9 Å². The van der Waals surface area contributed by atoms with E-state index < -0.39 is 0 Å². The van der Waals surface area contributed by atoms with Crippen LogP contribution >= 0.6 is 0 Å². The number of piperidine rings is 1. The molecule has 2 rings (SSSR count). The van der Waals surface area contributed by atoms with Crippen molar-refractivity contribution in [3.63, 3.8) is 0 Å². The van der Waals surface area contributed by atoms with Gasteiger partial charge in [-0.3, -0.25) is 4.79 Å². The van der Waals surface area contributed by atoms with E-state index in [0.717, 1.165) is 36.9 Å². The number of hydrogen-bond acceptors (Lipinski definition) is 3. The number of aldehydes is 1. The summed E-state index contributed by atoms with van der Waals surface area (Å²) >= 11 is 0. The average Bonchev–Trinajstić information content (AvgIpc) is 2.39. The maximum Gasteiger partial charge on any atom is 0.150 e. The Morgan fingerprint density at radius 3 is 2.83 bits per heavy atom. The van der Waals surface area contributed by atoms with Gasteiger partial charge in [-0.2, -0.15) is 0 Å². The van der Waals surface area contributed by atoms with Crippen molar-refractivity contribution in [2.24, 2.45) is 5.92 Å². The summed E-state index contributed by atoms with van der Waals surface area (Å²) in [6.07, 6.45) is 2.35. The van der Waals surface area contributed by atoms with E-state index in [9.17, 15) is 4.79 Å². The Labute approximate surface area is 109 Å². The number of rotatable bonds is 3. The lowest BCUT2D eigenvalue weighted by Gasteiger charge is -2.37. The molecule has 0 N–H and O–H groups in total. The predicted octanol–water partition coefficient (Wildman–Crippen LogP) is 2.67. The highest BCUT2D eigenvalue weighted by molar-refractivity contribution is 5.78. The summed E-state index contributed by atoms with van der Waals surface area (Å²) in [4.78, 5) is 13.2. The number of nitrogens with zero attached hydrogens (tertiary/aromatic N) is 1. The van der Waals surface area contributed by atoms with Crippen LogP contribution in [0.2, 0.25) is 0 Å². The van der Waals surface area contributed by atoms with Crippen molar-refractivity contribution in [1.29, 1.82) is 0 Å². The minimum atomic E-state index is 0.296. The van der Waals surface area contributed by atoms with E-state index in [1.54, 1.807) is 7.11 Å². The van der Waals surface area contributed by atoms with Gasteiger partial charge < -0.3 is 9.64 Å². The largest absolute Gasteiger partial charge is 0.379 e. The molecule has 0 aromatic heterocycles. The highest BCUT2D eigenvalue weighted by atomic mass is 16.5. The number of aryl methyl sites for hydroxylation is 1. The van der Waals surface area contributed by atoms with Gasteiger partial charge in [0.15, 0.2) is 0 Å². The predicted molar refractivity (Wildman–Crippen MR) is 73.4 cm³/mol. The van der Waals surface area contributed by atoms with Crippen LogP contribution in [-0.2, 0) is 4.74 Å². The van der Waals surface area contributed by atoms with Crippen LogP contribution in [0.15, 0.2) is 18.2 Å². The topological polar surface area (TPSA) is 29.5 Å². The molecule has 3 nitrogen and oxygen atoms in total. The molecule has 3 heteroatoms. The Bertz CT molecular complexity index is 431.